The van der Waals surface area contributed by atoms with Gasteiger partial charge in [-0.05, 0) is 18.4 Å². The average Bonchev–Trinajstić information content (AvgIpc) is 2.39. The minimum absolute atomic E-state index is 0.125. The van der Waals surface area contributed by atoms with E-state index in [4.69, 9.17) is 5.11 Å². The first kappa shape index (κ1) is 15.2. The second-order valence-corrected chi connectivity index (χ2v) is 4.49. The molecule has 6 heteroatoms. The van der Waals surface area contributed by atoms with E-state index in [1.807, 2.05) is 6.92 Å². The molecule has 0 aromatic carbocycles. The molecule has 19 heavy (non-hydrogen) atoms. The van der Waals surface area contributed by atoms with Gasteiger partial charge in [0.1, 0.15) is 0 Å². The van der Waals surface area contributed by atoms with Gasteiger partial charge in [-0.3, -0.25) is 4.79 Å². The summed E-state index contributed by atoms with van der Waals surface area (Å²) in [5.41, 5.74) is 0.440. The number of aliphatic hydroxyl groups is 1. The molecule has 0 fully saturated rings. The van der Waals surface area contributed by atoms with Crippen LogP contribution in [0.1, 0.15) is 19.8 Å². The lowest BCUT2D eigenvalue weighted by molar-refractivity contribution is 0.238. The first-order valence-corrected chi connectivity index (χ1v) is 6.39. The first-order chi connectivity index (χ1) is 9.06. The molecule has 1 heterocycles. The lowest BCUT2D eigenvalue weighted by Gasteiger charge is -2.14. The number of hydrogen-bond acceptors (Lipinski definition) is 3. The highest BCUT2D eigenvalue weighted by Gasteiger charge is 2.08. The Balaban J connectivity index is 2.46. The molecule has 1 aromatic rings. The predicted octanol–water partition coefficient (Wildman–Crippen LogP) is 0.915. The van der Waals surface area contributed by atoms with E-state index in [0.717, 1.165) is 6.42 Å². The van der Waals surface area contributed by atoms with Gasteiger partial charge in [-0.25, -0.2) is 4.79 Å². The van der Waals surface area contributed by atoms with Crippen molar-refractivity contribution in [2.24, 2.45) is 13.0 Å². The van der Waals surface area contributed by atoms with Gasteiger partial charge in [-0.15, -0.1) is 0 Å². The zero-order valence-corrected chi connectivity index (χ0v) is 11.3. The summed E-state index contributed by atoms with van der Waals surface area (Å²) in [5, 5.41) is 14.3. The maximum absolute atomic E-state index is 11.7. The van der Waals surface area contributed by atoms with Gasteiger partial charge in [0.15, 0.2) is 0 Å². The highest BCUT2D eigenvalue weighted by atomic mass is 16.3. The molecule has 0 saturated carbocycles. The van der Waals surface area contributed by atoms with Gasteiger partial charge >= 0.3 is 6.03 Å². The van der Waals surface area contributed by atoms with Crippen molar-refractivity contribution in [2.75, 3.05) is 18.5 Å². The van der Waals surface area contributed by atoms with Crippen LogP contribution < -0.4 is 16.2 Å². The van der Waals surface area contributed by atoms with E-state index in [-0.39, 0.29) is 24.1 Å². The van der Waals surface area contributed by atoms with E-state index in [9.17, 15) is 9.59 Å². The second kappa shape index (κ2) is 7.58. The zero-order valence-electron chi connectivity index (χ0n) is 11.3. The van der Waals surface area contributed by atoms with Crippen LogP contribution in [-0.4, -0.2) is 28.9 Å². The van der Waals surface area contributed by atoms with E-state index in [2.05, 4.69) is 10.6 Å². The molecule has 0 bridgehead atoms. The van der Waals surface area contributed by atoms with Gasteiger partial charge in [0.25, 0.3) is 0 Å². The summed E-state index contributed by atoms with van der Waals surface area (Å²) in [6.45, 7) is 2.67. The Hall–Kier alpha value is -1.82. The summed E-state index contributed by atoms with van der Waals surface area (Å²) in [6, 6.07) is 2.65. The fourth-order valence-electron chi connectivity index (χ4n) is 1.71. The molecule has 2 amide bonds. The highest BCUT2D eigenvalue weighted by molar-refractivity contribution is 5.88. The standard InChI is InChI=1S/C13H21N3O3/c1-3-10(6-7-17)8-14-13(19)15-11-4-5-12(18)16(2)9-11/h4-5,9-10,17H,3,6-8H2,1-2H3,(H2,14,15,19). The number of nitrogens with one attached hydrogen (secondary N) is 2. The molecule has 106 valence electrons. The average molecular weight is 267 g/mol. The number of anilines is 1. The Morgan fingerprint density at radius 3 is 2.79 bits per heavy atom. The largest absolute Gasteiger partial charge is 0.396 e. The van der Waals surface area contributed by atoms with Gasteiger partial charge in [0.2, 0.25) is 5.56 Å². The van der Waals surface area contributed by atoms with E-state index >= 15 is 0 Å². The smallest absolute Gasteiger partial charge is 0.319 e. The molecular weight excluding hydrogens is 246 g/mol. The normalized spacial score (nSPS) is 11.9. The Bertz CT molecular complexity index is 470. The first-order valence-electron chi connectivity index (χ1n) is 6.39. The number of aryl methyl sites for hydroxylation is 1. The maximum atomic E-state index is 11.7. The summed E-state index contributed by atoms with van der Waals surface area (Å²) in [7, 11) is 1.62. The number of aliphatic hydroxyl groups excluding tert-OH is 1. The fraction of sp³-hybridized carbons (Fsp3) is 0.538. The van der Waals surface area contributed by atoms with Crippen LogP contribution in [0.15, 0.2) is 23.1 Å². The number of hydrogen-bond donors (Lipinski definition) is 3. The van der Waals surface area contributed by atoms with Crippen molar-refractivity contribution in [3.63, 3.8) is 0 Å². The maximum Gasteiger partial charge on any atom is 0.319 e. The van der Waals surface area contributed by atoms with Crippen LogP contribution in [0.4, 0.5) is 10.5 Å². The number of urea groups is 1. The Morgan fingerprint density at radius 1 is 1.47 bits per heavy atom. The van der Waals surface area contributed by atoms with Crippen LogP contribution >= 0.6 is 0 Å². The fourth-order valence-corrected chi connectivity index (χ4v) is 1.71. The van der Waals surface area contributed by atoms with E-state index in [1.54, 1.807) is 19.3 Å². The lowest BCUT2D eigenvalue weighted by Crippen LogP contribution is -2.33. The Kier molecular flexibility index (Phi) is 6.08. The zero-order chi connectivity index (χ0) is 14.3. The summed E-state index contributed by atoms with van der Waals surface area (Å²) < 4.78 is 1.40. The second-order valence-electron chi connectivity index (χ2n) is 4.49. The van der Waals surface area contributed by atoms with Gasteiger partial charge in [0.05, 0.1) is 5.69 Å². The molecule has 0 spiro atoms. The summed E-state index contributed by atoms with van der Waals surface area (Å²) in [5.74, 6) is 0.274. The molecule has 1 rings (SSSR count). The summed E-state index contributed by atoms with van der Waals surface area (Å²) in [6.07, 6.45) is 3.14. The lowest BCUT2D eigenvalue weighted by atomic mass is 10.0. The van der Waals surface area contributed by atoms with Crippen molar-refractivity contribution in [3.8, 4) is 0 Å². The number of pyridine rings is 1. The van der Waals surface area contributed by atoms with Crippen LogP contribution in [0.3, 0.4) is 0 Å². The van der Waals surface area contributed by atoms with E-state index < -0.39 is 0 Å². The minimum Gasteiger partial charge on any atom is -0.396 e. The molecule has 6 nitrogen and oxygen atoms in total. The summed E-state index contributed by atoms with van der Waals surface area (Å²) >= 11 is 0. The highest BCUT2D eigenvalue weighted by Crippen LogP contribution is 2.06. The quantitative estimate of drug-likeness (QED) is 0.716. The summed E-state index contributed by atoms with van der Waals surface area (Å²) in [4.78, 5) is 22.9. The van der Waals surface area contributed by atoms with Crippen LogP contribution in [0.5, 0.6) is 0 Å². The van der Waals surface area contributed by atoms with Crippen molar-refractivity contribution in [2.45, 2.75) is 19.8 Å². The number of aromatic nitrogens is 1. The number of nitrogens with zero attached hydrogens (tertiary/aromatic N) is 1. The van der Waals surface area contributed by atoms with E-state index in [0.29, 0.717) is 18.7 Å². The molecular formula is C13H21N3O3. The molecule has 0 radical (unpaired) electrons. The van der Waals surface area contributed by atoms with Gasteiger partial charge < -0.3 is 20.3 Å². The minimum atomic E-state index is -0.310. The third kappa shape index (κ3) is 5.13. The van der Waals surface area contributed by atoms with Gasteiger partial charge in [-0.2, -0.15) is 0 Å². The van der Waals surface area contributed by atoms with Gasteiger partial charge in [-0.1, -0.05) is 13.3 Å². The third-order valence-electron chi connectivity index (χ3n) is 3.01. The van der Waals surface area contributed by atoms with Crippen LogP contribution in [0, 0.1) is 5.92 Å². The molecule has 0 aliphatic heterocycles. The Labute approximate surface area is 112 Å². The van der Waals surface area contributed by atoms with Crippen molar-refractivity contribution in [1.82, 2.24) is 9.88 Å². The van der Waals surface area contributed by atoms with Crippen molar-refractivity contribution in [3.05, 3.63) is 28.7 Å². The number of carbonyl (C=O) groups excluding carboxylic acids is 1. The predicted molar refractivity (Wildman–Crippen MR) is 74.2 cm³/mol. The molecule has 0 saturated heterocycles. The molecule has 1 unspecified atom stereocenters. The van der Waals surface area contributed by atoms with Crippen LogP contribution in [0.25, 0.3) is 0 Å². The SMILES string of the molecule is CCC(CCO)CNC(=O)Nc1ccc(=O)n(C)c1. The molecule has 1 aromatic heterocycles. The number of carbonyl (C=O) groups is 1. The van der Waals surface area contributed by atoms with Crippen molar-refractivity contribution < 1.29 is 9.90 Å². The van der Waals surface area contributed by atoms with Gasteiger partial charge in [0, 0.05) is 32.5 Å². The number of rotatable bonds is 6. The monoisotopic (exact) mass is 267 g/mol. The van der Waals surface area contributed by atoms with Crippen molar-refractivity contribution in [1.29, 1.82) is 0 Å². The third-order valence-corrected chi connectivity index (χ3v) is 3.01. The topological polar surface area (TPSA) is 83.4 Å². The molecule has 3 N–H and O–H groups in total. The van der Waals surface area contributed by atoms with E-state index in [1.165, 1.54) is 10.6 Å². The number of amides is 2. The molecule has 0 aliphatic rings. The Morgan fingerprint density at radius 2 is 2.21 bits per heavy atom. The van der Waals surface area contributed by atoms with Crippen LogP contribution in [0.2, 0.25) is 0 Å². The van der Waals surface area contributed by atoms with Crippen molar-refractivity contribution >= 4 is 11.7 Å². The molecule has 1 atom stereocenters. The molecule has 0 aliphatic carbocycles. The van der Waals surface area contributed by atoms with Crippen LogP contribution in [-0.2, 0) is 7.05 Å².